The van der Waals surface area contributed by atoms with Gasteiger partial charge in [-0.2, -0.15) is 5.10 Å². The molecular formula is C21H30N4O3S. The number of nitrogens with zero attached hydrogens (tertiary/aromatic N) is 3. The van der Waals surface area contributed by atoms with Crippen molar-refractivity contribution >= 4 is 28.2 Å². The first-order valence-electron chi connectivity index (χ1n) is 10.0. The van der Waals surface area contributed by atoms with Gasteiger partial charge < -0.3 is 10.1 Å². The van der Waals surface area contributed by atoms with Gasteiger partial charge >= 0.3 is 5.97 Å². The number of fused-ring (bicyclic) bond motifs is 1. The number of thiophene rings is 1. The molecule has 158 valence electrons. The van der Waals surface area contributed by atoms with Gasteiger partial charge in [-0.25, -0.2) is 4.79 Å². The third-order valence-corrected chi connectivity index (χ3v) is 6.77. The van der Waals surface area contributed by atoms with Crippen LogP contribution in [0.15, 0.2) is 0 Å². The molecule has 0 saturated heterocycles. The minimum atomic E-state index is -0.366. The van der Waals surface area contributed by atoms with Crippen molar-refractivity contribution in [1.82, 2.24) is 14.7 Å². The number of methoxy groups -OCH3 is 1. The number of amides is 1. The van der Waals surface area contributed by atoms with E-state index in [-0.39, 0.29) is 18.4 Å². The average molecular weight is 419 g/mol. The van der Waals surface area contributed by atoms with Gasteiger partial charge in [0.15, 0.2) is 0 Å². The van der Waals surface area contributed by atoms with Crippen LogP contribution >= 0.6 is 11.3 Å². The molecule has 1 N–H and O–H groups in total. The second kappa shape index (κ2) is 9.09. The lowest BCUT2D eigenvalue weighted by molar-refractivity contribution is -0.117. The van der Waals surface area contributed by atoms with Gasteiger partial charge in [-0.1, -0.05) is 6.42 Å². The third-order valence-electron chi connectivity index (χ3n) is 5.56. The largest absolute Gasteiger partial charge is 0.465 e. The van der Waals surface area contributed by atoms with Crippen molar-refractivity contribution in [2.45, 2.75) is 52.5 Å². The highest BCUT2D eigenvalue weighted by Gasteiger charge is 2.26. The molecule has 0 spiro atoms. The number of esters is 1. The summed E-state index contributed by atoms with van der Waals surface area (Å²) < 4.78 is 6.87. The van der Waals surface area contributed by atoms with Crippen molar-refractivity contribution < 1.29 is 14.3 Å². The zero-order valence-corrected chi connectivity index (χ0v) is 18.7. The molecule has 0 bridgehead atoms. The van der Waals surface area contributed by atoms with Crippen LogP contribution in [0.5, 0.6) is 0 Å². The van der Waals surface area contributed by atoms with Crippen molar-refractivity contribution in [3.8, 4) is 0 Å². The Morgan fingerprint density at radius 3 is 2.62 bits per heavy atom. The molecule has 1 aliphatic rings. The number of carbonyl (C=O) groups is 2. The fraction of sp³-hybridized carbons (Fsp3) is 0.571. The molecule has 7 nitrogen and oxygen atoms in total. The lowest BCUT2D eigenvalue weighted by Crippen LogP contribution is -2.30. The van der Waals surface area contributed by atoms with E-state index in [0.29, 0.717) is 17.1 Å². The Bertz CT molecular complexity index is 916. The van der Waals surface area contributed by atoms with Crippen LogP contribution in [-0.4, -0.2) is 47.3 Å². The number of aryl methyl sites for hydroxylation is 3. The number of hydrogen-bond acceptors (Lipinski definition) is 6. The fourth-order valence-electron chi connectivity index (χ4n) is 3.93. The van der Waals surface area contributed by atoms with Gasteiger partial charge in [0.1, 0.15) is 5.00 Å². The molecule has 0 radical (unpaired) electrons. The Hall–Kier alpha value is -2.19. The first-order chi connectivity index (χ1) is 13.8. The monoisotopic (exact) mass is 418 g/mol. The SMILES string of the molecule is COC(=O)c1c(NC(=O)CN(C)Cc2c(C)nn(C)c2C)sc2c1CCCCC2. The summed E-state index contributed by atoms with van der Waals surface area (Å²) in [5, 5.41) is 8.03. The van der Waals surface area contributed by atoms with Crippen LogP contribution in [0, 0.1) is 13.8 Å². The van der Waals surface area contributed by atoms with Crippen molar-refractivity contribution in [2.24, 2.45) is 7.05 Å². The first-order valence-corrected chi connectivity index (χ1v) is 10.8. The standard InChI is InChI=1S/C21H30N4O3S/c1-13-16(14(2)25(4)23-13)11-24(3)12-18(26)22-20-19(21(27)28-5)15-9-7-6-8-10-17(15)29-20/h6-12H2,1-5H3,(H,22,26). The molecule has 3 rings (SSSR count). The van der Waals surface area contributed by atoms with Gasteiger partial charge in [0.05, 0.1) is 24.9 Å². The molecule has 0 fully saturated rings. The maximum Gasteiger partial charge on any atom is 0.341 e. The van der Waals surface area contributed by atoms with Gasteiger partial charge in [0, 0.05) is 29.7 Å². The molecule has 1 amide bonds. The third kappa shape index (κ3) is 4.70. The normalized spacial score (nSPS) is 13.9. The van der Waals surface area contributed by atoms with Crippen LogP contribution in [0.2, 0.25) is 0 Å². The van der Waals surface area contributed by atoms with Crippen LogP contribution in [0.25, 0.3) is 0 Å². The quantitative estimate of drug-likeness (QED) is 0.576. The van der Waals surface area contributed by atoms with Crippen LogP contribution in [0.3, 0.4) is 0 Å². The molecule has 0 aliphatic heterocycles. The summed E-state index contributed by atoms with van der Waals surface area (Å²) in [4.78, 5) is 28.3. The molecule has 2 aromatic heterocycles. The van der Waals surface area contributed by atoms with Crippen LogP contribution in [0.1, 0.15) is 57.0 Å². The number of likely N-dealkylation sites (N-methyl/N-ethyl adjacent to an activating group) is 1. The first kappa shape index (κ1) is 21.5. The number of rotatable bonds is 6. The number of anilines is 1. The Labute approximate surface area is 176 Å². The molecule has 29 heavy (non-hydrogen) atoms. The van der Waals surface area contributed by atoms with E-state index in [1.54, 1.807) is 0 Å². The second-order valence-corrected chi connectivity index (χ2v) is 8.86. The molecule has 8 heteroatoms. The van der Waals surface area contributed by atoms with E-state index < -0.39 is 0 Å². The number of nitrogens with one attached hydrogen (secondary N) is 1. The molecule has 0 atom stereocenters. The summed E-state index contributed by atoms with van der Waals surface area (Å²) in [6.07, 6.45) is 5.17. The van der Waals surface area contributed by atoms with Gasteiger partial charge in [0.25, 0.3) is 0 Å². The summed E-state index contributed by atoms with van der Waals surface area (Å²) in [5.41, 5.74) is 4.83. The van der Waals surface area contributed by atoms with Crippen molar-refractivity contribution in [3.63, 3.8) is 0 Å². The maximum absolute atomic E-state index is 12.7. The number of carbonyl (C=O) groups excluding carboxylic acids is 2. The van der Waals surface area contributed by atoms with Crippen LogP contribution in [0.4, 0.5) is 5.00 Å². The fourth-order valence-corrected chi connectivity index (χ4v) is 5.23. The minimum Gasteiger partial charge on any atom is -0.465 e. The summed E-state index contributed by atoms with van der Waals surface area (Å²) in [7, 11) is 5.23. The number of ether oxygens (including phenoxy) is 1. The van der Waals surface area contributed by atoms with Gasteiger partial charge in [-0.3, -0.25) is 14.4 Å². The number of hydrogen-bond donors (Lipinski definition) is 1. The Balaban J connectivity index is 1.72. The summed E-state index contributed by atoms with van der Waals surface area (Å²) >= 11 is 1.52. The Morgan fingerprint density at radius 2 is 1.97 bits per heavy atom. The Kier molecular flexibility index (Phi) is 6.74. The van der Waals surface area contributed by atoms with Crippen molar-refractivity contribution in [1.29, 1.82) is 0 Å². The lowest BCUT2D eigenvalue weighted by atomic mass is 10.1. The van der Waals surface area contributed by atoms with Gasteiger partial charge in [-0.15, -0.1) is 11.3 Å². The van der Waals surface area contributed by atoms with Crippen molar-refractivity contribution in [3.05, 3.63) is 33.0 Å². The zero-order chi connectivity index (χ0) is 21.1. The maximum atomic E-state index is 12.7. The summed E-state index contributed by atoms with van der Waals surface area (Å²) in [5.74, 6) is -0.497. The number of aromatic nitrogens is 2. The molecule has 0 saturated carbocycles. The van der Waals surface area contributed by atoms with E-state index >= 15 is 0 Å². The molecule has 0 unspecified atom stereocenters. The van der Waals surface area contributed by atoms with Gasteiger partial charge in [0.2, 0.25) is 5.91 Å². The molecule has 0 aromatic carbocycles. The smallest absolute Gasteiger partial charge is 0.341 e. The topological polar surface area (TPSA) is 76.5 Å². The highest BCUT2D eigenvalue weighted by molar-refractivity contribution is 7.17. The van der Waals surface area contributed by atoms with E-state index in [9.17, 15) is 9.59 Å². The summed E-state index contributed by atoms with van der Waals surface area (Å²) in [6.45, 7) is 4.89. The lowest BCUT2D eigenvalue weighted by Gasteiger charge is -2.16. The summed E-state index contributed by atoms with van der Waals surface area (Å²) in [6, 6.07) is 0. The highest BCUT2D eigenvalue weighted by Crippen LogP contribution is 2.37. The van der Waals surface area contributed by atoms with Crippen LogP contribution in [-0.2, 0) is 36.0 Å². The van der Waals surface area contributed by atoms with E-state index in [1.165, 1.54) is 29.7 Å². The van der Waals surface area contributed by atoms with E-state index in [4.69, 9.17) is 4.74 Å². The van der Waals surface area contributed by atoms with E-state index in [1.807, 2.05) is 37.5 Å². The Morgan fingerprint density at radius 1 is 1.24 bits per heavy atom. The average Bonchev–Trinajstić information content (AvgIpc) is 2.99. The minimum absolute atomic E-state index is 0.131. The molecule has 2 aromatic rings. The molecule has 1 aliphatic carbocycles. The van der Waals surface area contributed by atoms with Gasteiger partial charge in [-0.05, 0) is 52.1 Å². The van der Waals surface area contributed by atoms with Crippen LogP contribution < -0.4 is 5.32 Å². The van der Waals surface area contributed by atoms with E-state index in [0.717, 1.165) is 48.2 Å². The predicted octanol–water partition coefficient (Wildman–Crippen LogP) is 3.22. The van der Waals surface area contributed by atoms with Crippen molar-refractivity contribution in [2.75, 3.05) is 26.0 Å². The predicted molar refractivity (Wildman–Crippen MR) is 115 cm³/mol. The zero-order valence-electron chi connectivity index (χ0n) is 17.9. The van der Waals surface area contributed by atoms with E-state index in [2.05, 4.69) is 10.4 Å². The molecule has 2 heterocycles. The second-order valence-electron chi connectivity index (χ2n) is 7.75. The molecular weight excluding hydrogens is 388 g/mol. The highest BCUT2D eigenvalue weighted by atomic mass is 32.1.